The minimum Gasteiger partial charge on any atom is -0.353 e. The molecule has 2 heterocycles. The van der Waals surface area contributed by atoms with Gasteiger partial charge in [0.1, 0.15) is 6.54 Å². The Morgan fingerprint density at radius 2 is 1.65 bits per heavy atom. The van der Waals surface area contributed by atoms with Crippen LogP contribution in [0.25, 0.3) is 6.08 Å². The van der Waals surface area contributed by atoms with Crippen LogP contribution in [0, 0.1) is 0 Å². The number of thioether (sulfide) groups is 1. The zero-order valence-electron chi connectivity index (χ0n) is 17.2. The average molecular weight is 436 g/mol. The summed E-state index contributed by atoms with van der Waals surface area (Å²) in [6.07, 6.45) is 3.99. The number of nitrogens with zero attached hydrogens (tertiary/aromatic N) is 2. The summed E-state index contributed by atoms with van der Waals surface area (Å²) in [6, 6.07) is 19.6. The van der Waals surface area contributed by atoms with E-state index in [4.69, 9.17) is 0 Å². The van der Waals surface area contributed by atoms with Crippen molar-refractivity contribution >= 4 is 34.9 Å². The van der Waals surface area contributed by atoms with Crippen LogP contribution in [0.5, 0.6) is 0 Å². The summed E-state index contributed by atoms with van der Waals surface area (Å²) in [5.74, 6) is -0.753. The molecule has 2 fully saturated rings. The lowest BCUT2D eigenvalue weighted by Gasteiger charge is -2.28. The Kier molecular flexibility index (Phi) is 6.84. The van der Waals surface area contributed by atoms with Crippen LogP contribution in [0.15, 0.2) is 65.6 Å². The van der Waals surface area contributed by atoms with Crippen molar-refractivity contribution in [3.05, 3.63) is 76.7 Å². The van der Waals surface area contributed by atoms with E-state index in [2.05, 4.69) is 22.3 Å². The predicted octanol–water partition coefficient (Wildman–Crippen LogP) is 3.68. The summed E-state index contributed by atoms with van der Waals surface area (Å²) >= 11 is 0.871. The Labute approximate surface area is 186 Å². The van der Waals surface area contributed by atoms with E-state index in [0.717, 1.165) is 53.7 Å². The zero-order valence-corrected chi connectivity index (χ0v) is 18.0. The number of carbonyl (C=O) groups excluding carboxylic acids is 3. The van der Waals surface area contributed by atoms with Crippen molar-refractivity contribution in [1.82, 2.24) is 15.1 Å². The molecule has 31 heavy (non-hydrogen) atoms. The predicted molar refractivity (Wildman–Crippen MR) is 122 cm³/mol. The fourth-order valence-electron chi connectivity index (χ4n) is 3.93. The third-order valence-corrected chi connectivity index (χ3v) is 6.44. The molecular formula is C24H25N3O3S. The summed E-state index contributed by atoms with van der Waals surface area (Å²) in [7, 11) is 0. The van der Waals surface area contributed by atoms with Gasteiger partial charge in [-0.2, -0.15) is 0 Å². The highest BCUT2D eigenvalue weighted by atomic mass is 32.2. The highest BCUT2D eigenvalue weighted by Gasteiger charge is 2.36. The Hall–Kier alpha value is -2.90. The van der Waals surface area contributed by atoms with E-state index < -0.39 is 11.1 Å². The number of likely N-dealkylation sites (tertiary alicyclic amines) is 1. The van der Waals surface area contributed by atoms with E-state index in [-0.39, 0.29) is 18.5 Å². The Balaban J connectivity index is 1.38. The van der Waals surface area contributed by atoms with Gasteiger partial charge in [-0.3, -0.25) is 24.2 Å². The number of carbonyl (C=O) groups is 3. The smallest absolute Gasteiger partial charge is 0.294 e. The molecule has 0 bridgehead atoms. The summed E-state index contributed by atoms with van der Waals surface area (Å²) in [5, 5.41) is 2.52. The first kappa shape index (κ1) is 21.3. The fourth-order valence-corrected chi connectivity index (χ4v) is 4.77. The maximum atomic E-state index is 12.7. The van der Waals surface area contributed by atoms with Crippen LogP contribution < -0.4 is 5.32 Å². The van der Waals surface area contributed by atoms with Crippen molar-refractivity contribution in [2.45, 2.75) is 18.9 Å². The van der Waals surface area contributed by atoms with E-state index >= 15 is 0 Å². The molecule has 3 amide bonds. The number of rotatable bonds is 7. The van der Waals surface area contributed by atoms with E-state index in [1.165, 1.54) is 0 Å². The zero-order chi connectivity index (χ0) is 21.6. The van der Waals surface area contributed by atoms with Gasteiger partial charge < -0.3 is 5.32 Å². The first-order valence-corrected chi connectivity index (χ1v) is 11.3. The maximum Gasteiger partial charge on any atom is 0.294 e. The Morgan fingerprint density at radius 1 is 1.00 bits per heavy atom. The highest BCUT2D eigenvalue weighted by Crippen LogP contribution is 2.32. The molecule has 1 unspecified atom stereocenters. The topological polar surface area (TPSA) is 69.7 Å². The largest absolute Gasteiger partial charge is 0.353 e. The molecule has 2 saturated heterocycles. The Bertz CT molecular complexity index is 972. The molecule has 0 radical (unpaired) electrons. The maximum absolute atomic E-state index is 12.7. The molecular weight excluding hydrogens is 410 g/mol. The van der Waals surface area contributed by atoms with Gasteiger partial charge in [0.25, 0.3) is 11.1 Å². The van der Waals surface area contributed by atoms with Crippen LogP contribution in [-0.4, -0.2) is 53.0 Å². The third-order valence-electron chi connectivity index (χ3n) is 5.53. The van der Waals surface area contributed by atoms with Gasteiger partial charge in [-0.15, -0.1) is 0 Å². The second-order valence-corrected chi connectivity index (χ2v) is 8.65. The summed E-state index contributed by atoms with van der Waals surface area (Å²) in [5.41, 5.74) is 2.00. The fraction of sp³-hybridized carbons (Fsp3) is 0.292. The minimum absolute atomic E-state index is 0.0838. The standard InChI is InChI=1S/C24H25N3O3S/c28-22(25-16-20(26-13-7-8-14-26)19-11-5-2-6-12-19)17-27-23(29)21(31-24(27)30)15-18-9-3-1-4-10-18/h1-6,9-12,15,20H,7-8,13-14,16-17H2,(H,25,28)/b21-15+. The molecule has 0 aliphatic carbocycles. The van der Waals surface area contributed by atoms with E-state index in [1.807, 2.05) is 48.5 Å². The second kappa shape index (κ2) is 9.94. The lowest BCUT2D eigenvalue weighted by molar-refractivity contribution is -0.129. The summed E-state index contributed by atoms with van der Waals surface area (Å²) < 4.78 is 0. The molecule has 2 aromatic rings. The van der Waals surface area contributed by atoms with Crippen molar-refractivity contribution in [2.24, 2.45) is 0 Å². The van der Waals surface area contributed by atoms with Crippen LogP contribution in [0.2, 0.25) is 0 Å². The van der Waals surface area contributed by atoms with Crippen LogP contribution >= 0.6 is 11.8 Å². The highest BCUT2D eigenvalue weighted by molar-refractivity contribution is 8.18. The van der Waals surface area contributed by atoms with Gasteiger partial charge in [0.15, 0.2) is 0 Å². The lowest BCUT2D eigenvalue weighted by Crippen LogP contribution is -2.43. The normalized spacial score (nSPS) is 19.2. The SMILES string of the molecule is O=C(CN1C(=O)S/C(=C/c2ccccc2)C1=O)NCC(c1ccccc1)N1CCCC1. The number of imide groups is 1. The van der Waals surface area contributed by atoms with Gasteiger partial charge in [0, 0.05) is 6.54 Å². The van der Waals surface area contributed by atoms with E-state index in [9.17, 15) is 14.4 Å². The average Bonchev–Trinajstić information content (AvgIpc) is 3.40. The van der Waals surface area contributed by atoms with E-state index in [1.54, 1.807) is 6.08 Å². The molecule has 0 spiro atoms. The minimum atomic E-state index is -0.423. The molecule has 4 rings (SSSR count). The van der Waals surface area contributed by atoms with Gasteiger partial charge in [-0.25, -0.2) is 0 Å². The number of nitrogens with one attached hydrogen (secondary N) is 1. The van der Waals surface area contributed by atoms with Crippen LogP contribution in [0.4, 0.5) is 4.79 Å². The quantitative estimate of drug-likeness (QED) is 0.672. The molecule has 2 aromatic carbocycles. The molecule has 1 atom stereocenters. The lowest BCUT2D eigenvalue weighted by atomic mass is 10.1. The van der Waals surface area contributed by atoms with Gasteiger partial charge in [0.05, 0.1) is 10.9 Å². The second-order valence-electron chi connectivity index (χ2n) is 7.65. The molecule has 2 aliphatic rings. The van der Waals surface area contributed by atoms with E-state index in [0.29, 0.717) is 11.4 Å². The van der Waals surface area contributed by atoms with Crippen molar-refractivity contribution in [2.75, 3.05) is 26.2 Å². The van der Waals surface area contributed by atoms with Gasteiger partial charge in [-0.1, -0.05) is 60.7 Å². The number of benzene rings is 2. The molecule has 6 nitrogen and oxygen atoms in total. The van der Waals surface area contributed by atoms with Gasteiger partial charge in [-0.05, 0) is 54.9 Å². The van der Waals surface area contributed by atoms with Crippen LogP contribution in [-0.2, 0) is 9.59 Å². The number of hydrogen-bond donors (Lipinski definition) is 1. The summed E-state index contributed by atoms with van der Waals surface area (Å²) in [4.78, 5) is 41.3. The monoisotopic (exact) mass is 435 g/mol. The van der Waals surface area contributed by atoms with Crippen molar-refractivity contribution in [3.63, 3.8) is 0 Å². The molecule has 2 aliphatic heterocycles. The first-order valence-electron chi connectivity index (χ1n) is 10.5. The van der Waals surface area contributed by atoms with Crippen molar-refractivity contribution in [1.29, 1.82) is 0 Å². The molecule has 0 aromatic heterocycles. The molecule has 160 valence electrons. The molecule has 7 heteroatoms. The van der Waals surface area contributed by atoms with Crippen molar-refractivity contribution < 1.29 is 14.4 Å². The van der Waals surface area contributed by atoms with Gasteiger partial charge >= 0.3 is 0 Å². The summed E-state index contributed by atoms with van der Waals surface area (Å²) in [6.45, 7) is 2.18. The third kappa shape index (κ3) is 5.24. The molecule has 0 saturated carbocycles. The molecule has 1 N–H and O–H groups in total. The number of hydrogen-bond acceptors (Lipinski definition) is 5. The first-order chi connectivity index (χ1) is 15.1. The van der Waals surface area contributed by atoms with Crippen LogP contribution in [0.3, 0.4) is 0 Å². The van der Waals surface area contributed by atoms with Crippen LogP contribution in [0.1, 0.15) is 30.0 Å². The van der Waals surface area contributed by atoms with Crippen molar-refractivity contribution in [3.8, 4) is 0 Å². The Morgan fingerprint density at radius 3 is 2.32 bits per heavy atom. The number of amides is 3. The van der Waals surface area contributed by atoms with Gasteiger partial charge in [0.2, 0.25) is 5.91 Å².